The Balaban J connectivity index is 1.50. The second-order valence-electron chi connectivity index (χ2n) is 8.58. The zero-order valence-electron chi connectivity index (χ0n) is 17.7. The predicted molar refractivity (Wildman–Crippen MR) is 107 cm³/mol. The van der Waals surface area contributed by atoms with Crippen molar-refractivity contribution < 1.29 is 18.7 Å². The molecule has 1 amide bonds. The van der Waals surface area contributed by atoms with Crippen molar-refractivity contribution in [2.75, 3.05) is 7.05 Å². The summed E-state index contributed by atoms with van der Waals surface area (Å²) in [4.78, 5) is 18.3. The van der Waals surface area contributed by atoms with Crippen molar-refractivity contribution in [3.63, 3.8) is 0 Å². The lowest BCUT2D eigenvalue weighted by molar-refractivity contribution is -0.00939. The van der Waals surface area contributed by atoms with Crippen molar-refractivity contribution in [3.8, 4) is 17.1 Å². The zero-order valence-corrected chi connectivity index (χ0v) is 17.7. The molecular formula is C20H25FN6O3. The fraction of sp³-hybridized carbons (Fsp3) is 0.500. The van der Waals surface area contributed by atoms with Gasteiger partial charge < -0.3 is 14.4 Å². The van der Waals surface area contributed by atoms with Gasteiger partial charge in [0.25, 0.3) is 0 Å². The number of ether oxygens (including phenoxy) is 2. The molecular weight excluding hydrogens is 391 g/mol. The Bertz CT molecular complexity index is 1080. The molecule has 1 aliphatic carbocycles. The Morgan fingerprint density at radius 3 is 2.60 bits per heavy atom. The highest BCUT2D eigenvalue weighted by atomic mass is 19.1. The van der Waals surface area contributed by atoms with Crippen LogP contribution < -0.4 is 4.74 Å². The Hall–Kier alpha value is -3.17. The molecule has 0 N–H and O–H groups in total. The average Bonchev–Trinajstić information content (AvgIpc) is 3.21. The molecule has 3 aromatic rings. The van der Waals surface area contributed by atoms with Gasteiger partial charge in [-0.3, -0.25) is 4.68 Å². The molecule has 0 aliphatic heterocycles. The molecule has 0 unspecified atom stereocenters. The maximum Gasteiger partial charge on any atom is 0.410 e. The van der Waals surface area contributed by atoms with E-state index in [0.29, 0.717) is 18.5 Å². The number of fused-ring (bicyclic) bond motifs is 1. The van der Waals surface area contributed by atoms with Gasteiger partial charge in [-0.05, 0) is 20.8 Å². The third-order valence-corrected chi connectivity index (χ3v) is 5.00. The van der Waals surface area contributed by atoms with Gasteiger partial charge in [0.05, 0.1) is 24.3 Å². The molecule has 1 saturated carbocycles. The highest BCUT2D eigenvalue weighted by molar-refractivity contribution is 5.68. The van der Waals surface area contributed by atoms with Crippen LogP contribution in [0.5, 0.6) is 5.88 Å². The molecule has 160 valence electrons. The van der Waals surface area contributed by atoms with Gasteiger partial charge in [0, 0.05) is 44.7 Å². The van der Waals surface area contributed by atoms with E-state index in [9.17, 15) is 9.18 Å². The number of amides is 1. The number of nitrogens with zero attached hydrogens (tertiary/aromatic N) is 6. The summed E-state index contributed by atoms with van der Waals surface area (Å²) < 4.78 is 28.8. The summed E-state index contributed by atoms with van der Waals surface area (Å²) in [6.07, 6.45) is 6.92. The minimum Gasteiger partial charge on any atom is -0.473 e. The monoisotopic (exact) mass is 416 g/mol. The van der Waals surface area contributed by atoms with Crippen LogP contribution in [0.2, 0.25) is 0 Å². The topological polar surface area (TPSA) is 86.8 Å². The third-order valence-electron chi connectivity index (χ3n) is 5.00. The van der Waals surface area contributed by atoms with E-state index in [1.54, 1.807) is 29.0 Å². The van der Waals surface area contributed by atoms with Gasteiger partial charge in [-0.2, -0.15) is 10.2 Å². The Morgan fingerprint density at radius 1 is 1.23 bits per heavy atom. The minimum absolute atomic E-state index is 0.00265. The molecule has 0 atom stereocenters. The lowest BCUT2D eigenvalue weighted by Crippen LogP contribution is -2.51. The summed E-state index contributed by atoms with van der Waals surface area (Å²) in [5.41, 5.74) is 0.991. The molecule has 30 heavy (non-hydrogen) atoms. The van der Waals surface area contributed by atoms with Crippen molar-refractivity contribution in [2.24, 2.45) is 7.05 Å². The lowest BCUT2D eigenvalue weighted by atomic mass is 9.88. The van der Waals surface area contributed by atoms with E-state index in [0.717, 1.165) is 11.8 Å². The second kappa shape index (κ2) is 7.26. The van der Waals surface area contributed by atoms with Crippen molar-refractivity contribution in [1.29, 1.82) is 0 Å². The average molecular weight is 416 g/mol. The van der Waals surface area contributed by atoms with Gasteiger partial charge in [0.15, 0.2) is 11.3 Å². The molecule has 0 aromatic carbocycles. The predicted octanol–water partition coefficient (Wildman–Crippen LogP) is 3.05. The molecule has 1 aliphatic rings. The second-order valence-corrected chi connectivity index (χ2v) is 8.58. The number of carbonyl (C=O) groups excluding carboxylic acids is 1. The molecule has 0 radical (unpaired) electrons. The van der Waals surface area contributed by atoms with Crippen molar-refractivity contribution in [2.45, 2.75) is 51.4 Å². The number of halogens is 1. The van der Waals surface area contributed by atoms with Gasteiger partial charge in [0.1, 0.15) is 11.7 Å². The zero-order chi connectivity index (χ0) is 21.6. The van der Waals surface area contributed by atoms with Crippen LogP contribution in [0.15, 0.2) is 24.8 Å². The van der Waals surface area contributed by atoms with E-state index in [2.05, 4.69) is 15.2 Å². The first kappa shape index (κ1) is 20.1. The number of aryl methyl sites for hydroxylation is 1. The van der Waals surface area contributed by atoms with Crippen LogP contribution >= 0.6 is 0 Å². The Labute approximate surface area is 173 Å². The first-order chi connectivity index (χ1) is 14.1. The molecule has 0 spiro atoms. The van der Waals surface area contributed by atoms with Crippen molar-refractivity contribution in [1.82, 2.24) is 29.3 Å². The van der Waals surface area contributed by atoms with E-state index in [4.69, 9.17) is 9.47 Å². The van der Waals surface area contributed by atoms with Gasteiger partial charge in [0.2, 0.25) is 5.88 Å². The summed E-state index contributed by atoms with van der Waals surface area (Å²) in [6.45, 7) is 5.49. The molecule has 9 nitrogen and oxygen atoms in total. The standard InChI is InChI=1S/C20H25FN6O3/c1-20(2,3)30-19(28)26(5)13-6-14(7-13)29-18-17-15(21)9-23-27(17)11-16(24-18)12-8-22-25(4)10-12/h8-11,13-14H,6-7H2,1-5H3. The summed E-state index contributed by atoms with van der Waals surface area (Å²) in [7, 11) is 3.52. The van der Waals surface area contributed by atoms with E-state index in [1.807, 2.05) is 34.0 Å². The van der Waals surface area contributed by atoms with E-state index in [1.165, 1.54) is 4.52 Å². The maximum absolute atomic E-state index is 14.3. The van der Waals surface area contributed by atoms with E-state index >= 15 is 0 Å². The highest BCUT2D eigenvalue weighted by Crippen LogP contribution is 2.33. The molecule has 0 bridgehead atoms. The van der Waals surface area contributed by atoms with Crippen LogP contribution in [0.3, 0.4) is 0 Å². The van der Waals surface area contributed by atoms with Crippen molar-refractivity contribution >= 4 is 11.6 Å². The number of hydrogen-bond acceptors (Lipinski definition) is 6. The molecule has 3 aromatic heterocycles. The highest BCUT2D eigenvalue weighted by Gasteiger charge is 2.38. The molecule has 10 heteroatoms. The molecule has 1 fully saturated rings. The fourth-order valence-electron chi connectivity index (χ4n) is 3.31. The van der Waals surface area contributed by atoms with Crippen LogP contribution in [0, 0.1) is 5.82 Å². The van der Waals surface area contributed by atoms with Crippen LogP contribution in [0.1, 0.15) is 33.6 Å². The smallest absolute Gasteiger partial charge is 0.410 e. The van der Waals surface area contributed by atoms with E-state index in [-0.39, 0.29) is 29.6 Å². The summed E-state index contributed by atoms with van der Waals surface area (Å²) >= 11 is 0. The largest absolute Gasteiger partial charge is 0.473 e. The third kappa shape index (κ3) is 3.94. The van der Waals surface area contributed by atoms with Crippen LogP contribution in [0.4, 0.5) is 9.18 Å². The molecule has 0 saturated heterocycles. The SMILES string of the molecule is CN(C(=O)OC(C)(C)C)C1CC(Oc2nc(-c3cnn(C)c3)cn3ncc(F)c23)C1. The first-order valence-electron chi connectivity index (χ1n) is 9.76. The van der Waals surface area contributed by atoms with Gasteiger partial charge in [-0.25, -0.2) is 18.7 Å². The summed E-state index contributed by atoms with van der Waals surface area (Å²) in [5, 5.41) is 8.20. The van der Waals surface area contributed by atoms with Gasteiger partial charge in [-0.15, -0.1) is 0 Å². The number of aromatic nitrogens is 5. The lowest BCUT2D eigenvalue weighted by Gasteiger charge is -2.40. The summed E-state index contributed by atoms with van der Waals surface area (Å²) in [5.74, 6) is -0.327. The van der Waals surface area contributed by atoms with Gasteiger partial charge >= 0.3 is 6.09 Å². The minimum atomic E-state index is -0.549. The van der Waals surface area contributed by atoms with Crippen molar-refractivity contribution in [3.05, 3.63) is 30.6 Å². The Morgan fingerprint density at radius 2 is 1.97 bits per heavy atom. The number of rotatable bonds is 4. The normalized spacial score (nSPS) is 18.9. The van der Waals surface area contributed by atoms with E-state index < -0.39 is 11.4 Å². The Kier molecular flexibility index (Phi) is 4.87. The van der Waals surface area contributed by atoms with Crippen LogP contribution in [-0.4, -0.2) is 60.2 Å². The fourth-order valence-corrected chi connectivity index (χ4v) is 3.31. The van der Waals surface area contributed by atoms with Crippen LogP contribution in [0.25, 0.3) is 16.8 Å². The number of hydrogen-bond donors (Lipinski definition) is 0. The quantitative estimate of drug-likeness (QED) is 0.650. The first-order valence-corrected chi connectivity index (χ1v) is 9.76. The molecule has 4 rings (SSSR count). The molecule has 3 heterocycles. The van der Waals surface area contributed by atoms with Crippen LogP contribution in [-0.2, 0) is 11.8 Å². The summed E-state index contributed by atoms with van der Waals surface area (Å²) in [6, 6.07) is -0.00265. The number of carbonyl (C=O) groups is 1. The van der Waals surface area contributed by atoms with Gasteiger partial charge in [-0.1, -0.05) is 0 Å². The maximum atomic E-state index is 14.3.